The second-order valence-electron chi connectivity index (χ2n) is 4.42. The molecule has 0 radical (unpaired) electrons. The molecule has 7 heteroatoms. The maximum atomic E-state index is 11.7. The van der Waals surface area contributed by atoms with Crippen molar-refractivity contribution in [1.82, 2.24) is 9.97 Å². The third kappa shape index (κ3) is 3.49. The molecule has 110 valence electrons. The molecule has 1 heterocycles. The Morgan fingerprint density at radius 3 is 2.35 bits per heavy atom. The highest BCUT2D eigenvalue weighted by Gasteiger charge is 2.33. The average Bonchev–Trinajstić information content (AvgIpc) is 3.29. The lowest BCUT2D eigenvalue weighted by atomic mass is 10.4. The number of hydrogen-bond acceptors (Lipinski definition) is 7. The van der Waals surface area contributed by atoms with E-state index in [9.17, 15) is 4.79 Å². The first kappa shape index (κ1) is 14.4. The molecule has 0 N–H and O–H groups in total. The fraction of sp³-hybridized carbons (Fsp3) is 0.615. The van der Waals surface area contributed by atoms with Crippen LogP contribution in [0.1, 0.15) is 19.8 Å². The van der Waals surface area contributed by atoms with E-state index in [4.69, 9.17) is 14.2 Å². The van der Waals surface area contributed by atoms with E-state index in [1.807, 2.05) is 4.90 Å². The van der Waals surface area contributed by atoms with Crippen molar-refractivity contribution in [3.05, 3.63) is 6.07 Å². The highest BCUT2D eigenvalue weighted by atomic mass is 16.5. The fourth-order valence-electron chi connectivity index (χ4n) is 1.82. The molecular weight excluding hydrogens is 262 g/mol. The number of rotatable bonds is 7. The number of carbonyl (C=O) groups is 1. The molecule has 0 aromatic carbocycles. The first-order valence-electron chi connectivity index (χ1n) is 6.57. The van der Waals surface area contributed by atoms with Crippen molar-refractivity contribution in [2.24, 2.45) is 0 Å². The van der Waals surface area contributed by atoms with Crippen LogP contribution in [0.3, 0.4) is 0 Å². The topological polar surface area (TPSA) is 73.8 Å². The largest absolute Gasteiger partial charge is 0.481 e. The van der Waals surface area contributed by atoms with Gasteiger partial charge in [-0.05, 0) is 19.8 Å². The zero-order valence-electron chi connectivity index (χ0n) is 12.0. The van der Waals surface area contributed by atoms with Gasteiger partial charge in [-0.3, -0.25) is 4.79 Å². The quantitative estimate of drug-likeness (QED) is 0.691. The van der Waals surface area contributed by atoms with Gasteiger partial charge in [0.2, 0.25) is 17.7 Å². The van der Waals surface area contributed by atoms with Crippen LogP contribution in [0.25, 0.3) is 0 Å². The monoisotopic (exact) mass is 281 g/mol. The molecule has 2 rings (SSSR count). The van der Waals surface area contributed by atoms with Crippen LogP contribution in [0.15, 0.2) is 6.07 Å². The van der Waals surface area contributed by atoms with Crippen molar-refractivity contribution in [3.8, 4) is 11.8 Å². The van der Waals surface area contributed by atoms with Gasteiger partial charge in [0.05, 0.1) is 26.9 Å². The number of ether oxygens (including phenoxy) is 3. The molecule has 0 aliphatic heterocycles. The zero-order valence-corrected chi connectivity index (χ0v) is 12.0. The molecule has 1 fully saturated rings. The molecule has 7 nitrogen and oxygen atoms in total. The Balaban J connectivity index is 2.22. The van der Waals surface area contributed by atoms with E-state index in [2.05, 4.69) is 9.97 Å². The molecule has 1 aliphatic carbocycles. The number of anilines is 1. The summed E-state index contributed by atoms with van der Waals surface area (Å²) in [6.45, 7) is 2.28. The van der Waals surface area contributed by atoms with Crippen molar-refractivity contribution >= 4 is 11.9 Å². The Kier molecular flexibility index (Phi) is 4.60. The molecule has 1 saturated carbocycles. The highest BCUT2D eigenvalue weighted by molar-refractivity contribution is 5.75. The molecule has 0 amide bonds. The molecule has 0 bridgehead atoms. The number of nitrogens with zero attached hydrogens (tertiary/aromatic N) is 3. The molecule has 1 aromatic rings. The minimum absolute atomic E-state index is 0.134. The van der Waals surface area contributed by atoms with Crippen LogP contribution in [0.2, 0.25) is 0 Å². The summed E-state index contributed by atoms with van der Waals surface area (Å²) in [6, 6.07) is 1.87. The number of carbonyl (C=O) groups excluding carboxylic acids is 1. The first-order valence-corrected chi connectivity index (χ1v) is 6.57. The number of methoxy groups -OCH3 is 2. The van der Waals surface area contributed by atoms with Crippen LogP contribution < -0.4 is 14.4 Å². The highest BCUT2D eigenvalue weighted by Crippen LogP contribution is 2.31. The third-order valence-corrected chi connectivity index (χ3v) is 2.93. The van der Waals surface area contributed by atoms with Gasteiger partial charge in [0.25, 0.3) is 0 Å². The average molecular weight is 281 g/mol. The van der Waals surface area contributed by atoms with Gasteiger partial charge >= 0.3 is 5.97 Å². The second-order valence-corrected chi connectivity index (χ2v) is 4.42. The predicted octanol–water partition coefficient (Wildman–Crippen LogP) is 1.03. The van der Waals surface area contributed by atoms with Crippen molar-refractivity contribution in [1.29, 1.82) is 0 Å². The molecule has 0 atom stereocenters. The Morgan fingerprint density at radius 2 is 1.90 bits per heavy atom. The maximum absolute atomic E-state index is 11.7. The number of hydrogen-bond donors (Lipinski definition) is 0. The lowest BCUT2D eigenvalue weighted by Crippen LogP contribution is -2.34. The fourth-order valence-corrected chi connectivity index (χ4v) is 1.82. The van der Waals surface area contributed by atoms with Gasteiger partial charge in [-0.15, -0.1) is 0 Å². The Morgan fingerprint density at radius 1 is 1.30 bits per heavy atom. The van der Waals surface area contributed by atoms with Crippen molar-refractivity contribution < 1.29 is 19.0 Å². The summed E-state index contributed by atoms with van der Waals surface area (Å²) in [5.74, 6) is 0.948. The minimum atomic E-state index is -0.287. The molecule has 1 aliphatic rings. The van der Waals surface area contributed by atoms with Gasteiger partial charge in [-0.25, -0.2) is 0 Å². The van der Waals surface area contributed by atoms with E-state index in [0.717, 1.165) is 12.8 Å². The first-order chi connectivity index (χ1) is 9.67. The van der Waals surface area contributed by atoms with E-state index in [0.29, 0.717) is 24.3 Å². The second kappa shape index (κ2) is 6.40. The lowest BCUT2D eigenvalue weighted by Gasteiger charge is -2.21. The van der Waals surface area contributed by atoms with Gasteiger partial charge in [0.15, 0.2) is 0 Å². The van der Waals surface area contributed by atoms with Crippen molar-refractivity contribution in [2.45, 2.75) is 25.8 Å². The van der Waals surface area contributed by atoms with Crippen LogP contribution in [0, 0.1) is 0 Å². The van der Waals surface area contributed by atoms with Crippen LogP contribution in [-0.2, 0) is 9.53 Å². The number of esters is 1. The molecular formula is C13H19N3O4. The van der Waals surface area contributed by atoms with Crippen LogP contribution >= 0.6 is 0 Å². The summed E-state index contributed by atoms with van der Waals surface area (Å²) in [6.07, 6.45) is 2.03. The van der Waals surface area contributed by atoms with Crippen LogP contribution in [0.4, 0.5) is 5.95 Å². The van der Waals surface area contributed by atoms with Gasteiger partial charge < -0.3 is 19.1 Å². The molecule has 1 aromatic heterocycles. The van der Waals surface area contributed by atoms with Gasteiger partial charge in [0, 0.05) is 6.04 Å². The summed E-state index contributed by atoms with van der Waals surface area (Å²) >= 11 is 0. The van der Waals surface area contributed by atoms with Gasteiger partial charge in [-0.2, -0.15) is 9.97 Å². The van der Waals surface area contributed by atoms with Crippen LogP contribution in [0.5, 0.6) is 11.8 Å². The SMILES string of the molecule is CCOC(=O)CN(c1nc(OC)cc(OC)n1)C1CC1. The van der Waals surface area contributed by atoms with E-state index < -0.39 is 0 Å². The molecule has 0 spiro atoms. The zero-order chi connectivity index (χ0) is 14.5. The summed E-state index contributed by atoms with van der Waals surface area (Å²) in [4.78, 5) is 22.1. The Hall–Kier alpha value is -2.05. The van der Waals surface area contributed by atoms with Gasteiger partial charge in [0.1, 0.15) is 6.54 Å². The summed E-state index contributed by atoms with van der Waals surface area (Å²) in [5, 5.41) is 0. The van der Waals surface area contributed by atoms with E-state index >= 15 is 0 Å². The van der Waals surface area contributed by atoms with Crippen molar-refractivity contribution in [2.75, 3.05) is 32.3 Å². The Bertz CT molecular complexity index is 454. The maximum Gasteiger partial charge on any atom is 0.325 e. The predicted molar refractivity (Wildman–Crippen MR) is 72.1 cm³/mol. The van der Waals surface area contributed by atoms with E-state index in [1.165, 1.54) is 14.2 Å². The lowest BCUT2D eigenvalue weighted by molar-refractivity contribution is -0.141. The minimum Gasteiger partial charge on any atom is -0.481 e. The van der Waals surface area contributed by atoms with Crippen LogP contribution in [-0.4, -0.2) is 49.4 Å². The van der Waals surface area contributed by atoms with Crippen molar-refractivity contribution in [3.63, 3.8) is 0 Å². The standard InChI is InChI=1S/C13H19N3O4/c1-4-20-12(17)8-16(9-5-6-9)13-14-10(18-2)7-11(15-13)19-3/h7,9H,4-6,8H2,1-3H3. The smallest absolute Gasteiger partial charge is 0.325 e. The molecule has 0 saturated heterocycles. The van der Waals surface area contributed by atoms with Gasteiger partial charge in [-0.1, -0.05) is 0 Å². The van der Waals surface area contributed by atoms with E-state index in [1.54, 1.807) is 13.0 Å². The van der Waals surface area contributed by atoms with E-state index in [-0.39, 0.29) is 18.6 Å². The Labute approximate surface area is 117 Å². The summed E-state index contributed by atoms with van der Waals surface area (Å²) in [5.41, 5.74) is 0. The summed E-state index contributed by atoms with van der Waals surface area (Å²) in [7, 11) is 3.05. The number of aromatic nitrogens is 2. The normalized spacial score (nSPS) is 13.8. The third-order valence-electron chi connectivity index (χ3n) is 2.93. The molecule has 0 unspecified atom stereocenters. The molecule has 20 heavy (non-hydrogen) atoms. The summed E-state index contributed by atoms with van der Waals surface area (Å²) < 4.78 is 15.2.